The SMILES string of the molecule is CCc1cn(C)c2c(C(=O)O)cccc12. The van der Waals surface area contributed by atoms with E-state index in [1.807, 2.05) is 23.9 Å². The molecular weight excluding hydrogens is 190 g/mol. The Labute approximate surface area is 87.9 Å². The van der Waals surface area contributed by atoms with E-state index >= 15 is 0 Å². The van der Waals surface area contributed by atoms with Gasteiger partial charge in [-0.3, -0.25) is 0 Å². The molecule has 1 aromatic heterocycles. The highest BCUT2D eigenvalue weighted by atomic mass is 16.4. The fraction of sp³-hybridized carbons (Fsp3) is 0.250. The molecule has 1 heterocycles. The van der Waals surface area contributed by atoms with Crippen LogP contribution in [0.1, 0.15) is 22.8 Å². The minimum atomic E-state index is -0.871. The van der Waals surface area contributed by atoms with Gasteiger partial charge in [0.2, 0.25) is 0 Å². The molecule has 15 heavy (non-hydrogen) atoms. The number of fused-ring (bicyclic) bond motifs is 1. The lowest BCUT2D eigenvalue weighted by Gasteiger charge is -2.00. The number of aromatic carboxylic acids is 1. The van der Waals surface area contributed by atoms with Crippen molar-refractivity contribution in [1.82, 2.24) is 4.57 Å². The molecule has 0 aliphatic rings. The van der Waals surface area contributed by atoms with Crippen molar-refractivity contribution in [3.63, 3.8) is 0 Å². The number of carboxylic acids is 1. The van der Waals surface area contributed by atoms with Gasteiger partial charge < -0.3 is 9.67 Å². The van der Waals surface area contributed by atoms with Crippen molar-refractivity contribution in [3.8, 4) is 0 Å². The van der Waals surface area contributed by atoms with Gasteiger partial charge in [0.15, 0.2) is 0 Å². The molecular formula is C12H13NO2. The molecule has 0 bridgehead atoms. The predicted octanol–water partition coefficient (Wildman–Crippen LogP) is 2.44. The first-order valence-corrected chi connectivity index (χ1v) is 4.95. The second-order valence-corrected chi connectivity index (χ2v) is 3.63. The number of nitrogens with zero attached hydrogens (tertiary/aromatic N) is 1. The number of carboxylic acid groups (broad SMARTS) is 1. The first-order valence-electron chi connectivity index (χ1n) is 4.95. The largest absolute Gasteiger partial charge is 0.478 e. The standard InChI is InChI=1S/C12H13NO2/c1-3-8-7-13(2)11-9(8)5-4-6-10(11)12(14)15/h4-7H,3H2,1-2H3,(H,14,15). The quantitative estimate of drug-likeness (QED) is 0.814. The Balaban J connectivity index is 2.86. The van der Waals surface area contributed by atoms with Crippen molar-refractivity contribution in [2.24, 2.45) is 7.05 Å². The fourth-order valence-corrected chi connectivity index (χ4v) is 2.00. The summed E-state index contributed by atoms with van der Waals surface area (Å²) < 4.78 is 1.89. The van der Waals surface area contributed by atoms with E-state index in [-0.39, 0.29) is 0 Å². The first-order chi connectivity index (χ1) is 7.15. The summed E-state index contributed by atoms with van der Waals surface area (Å²) in [6.45, 7) is 2.07. The third-order valence-corrected chi connectivity index (χ3v) is 2.70. The van der Waals surface area contributed by atoms with Crippen LogP contribution < -0.4 is 0 Å². The molecule has 0 saturated heterocycles. The molecule has 3 heteroatoms. The molecule has 0 aliphatic carbocycles. The third kappa shape index (κ3) is 1.40. The summed E-state index contributed by atoms with van der Waals surface area (Å²) in [6.07, 6.45) is 2.91. The summed E-state index contributed by atoms with van der Waals surface area (Å²) in [6, 6.07) is 5.41. The fourth-order valence-electron chi connectivity index (χ4n) is 2.00. The van der Waals surface area contributed by atoms with Crippen LogP contribution in [0.3, 0.4) is 0 Å². The van der Waals surface area contributed by atoms with Crippen LogP contribution in [0.5, 0.6) is 0 Å². The molecule has 1 N–H and O–H groups in total. The molecule has 2 rings (SSSR count). The molecule has 0 atom stereocenters. The molecule has 0 radical (unpaired) electrons. The highest BCUT2D eigenvalue weighted by Crippen LogP contribution is 2.24. The Hall–Kier alpha value is -1.77. The predicted molar refractivity (Wildman–Crippen MR) is 59.3 cm³/mol. The monoisotopic (exact) mass is 203 g/mol. The van der Waals surface area contributed by atoms with E-state index in [0.717, 1.165) is 17.3 Å². The van der Waals surface area contributed by atoms with Crippen LogP contribution in [0, 0.1) is 0 Å². The lowest BCUT2D eigenvalue weighted by atomic mass is 10.1. The number of aromatic nitrogens is 1. The minimum absolute atomic E-state index is 0.370. The Morgan fingerprint density at radius 2 is 2.20 bits per heavy atom. The Morgan fingerprint density at radius 1 is 1.47 bits per heavy atom. The summed E-state index contributed by atoms with van der Waals surface area (Å²) in [7, 11) is 1.88. The number of carbonyl (C=O) groups is 1. The first kappa shape index (κ1) is 9.77. The van der Waals surface area contributed by atoms with E-state index in [0.29, 0.717) is 5.56 Å². The number of benzene rings is 1. The molecule has 0 spiro atoms. The molecule has 0 saturated carbocycles. The van der Waals surface area contributed by atoms with Crippen LogP contribution in [0.15, 0.2) is 24.4 Å². The molecule has 0 fully saturated rings. The number of rotatable bonds is 2. The Bertz CT molecular complexity index is 526. The van der Waals surface area contributed by atoms with Crippen LogP contribution in [0.2, 0.25) is 0 Å². The molecule has 3 nitrogen and oxygen atoms in total. The van der Waals surface area contributed by atoms with Crippen molar-refractivity contribution in [1.29, 1.82) is 0 Å². The second-order valence-electron chi connectivity index (χ2n) is 3.63. The lowest BCUT2D eigenvalue weighted by molar-refractivity contribution is 0.0698. The van der Waals surface area contributed by atoms with Crippen molar-refractivity contribution >= 4 is 16.9 Å². The zero-order valence-electron chi connectivity index (χ0n) is 8.82. The topological polar surface area (TPSA) is 42.2 Å². The summed E-state index contributed by atoms with van der Waals surface area (Å²) in [5, 5.41) is 10.1. The van der Waals surface area contributed by atoms with Crippen molar-refractivity contribution < 1.29 is 9.90 Å². The van der Waals surface area contributed by atoms with Gasteiger partial charge >= 0.3 is 5.97 Å². The molecule has 0 amide bonds. The zero-order chi connectivity index (χ0) is 11.0. The summed E-state index contributed by atoms with van der Waals surface area (Å²) in [5.41, 5.74) is 2.37. The molecule has 2 aromatic rings. The molecule has 0 aliphatic heterocycles. The summed E-state index contributed by atoms with van der Waals surface area (Å²) in [4.78, 5) is 11.1. The van der Waals surface area contributed by atoms with E-state index in [1.165, 1.54) is 5.56 Å². The van der Waals surface area contributed by atoms with Gasteiger partial charge in [0.05, 0.1) is 11.1 Å². The molecule has 0 unspecified atom stereocenters. The van der Waals surface area contributed by atoms with Gasteiger partial charge in [-0.2, -0.15) is 0 Å². The van der Waals surface area contributed by atoms with Crippen molar-refractivity contribution in [2.75, 3.05) is 0 Å². The van der Waals surface area contributed by atoms with Crippen LogP contribution in [0.25, 0.3) is 10.9 Å². The van der Waals surface area contributed by atoms with Gasteiger partial charge in [0.25, 0.3) is 0 Å². The Morgan fingerprint density at radius 3 is 2.80 bits per heavy atom. The Kier molecular flexibility index (Phi) is 2.23. The summed E-state index contributed by atoms with van der Waals surface area (Å²) >= 11 is 0. The number of hydrogen-bond acceptors (Lipinski definition) is 1. The molecule has 1 aromatic carbocycles. The van der Waals surface area contributed by atoms with Crippen LogP contribution in [0.4, 0.5) is 0 Å². The highest BCUT2D eigenvalue weighted by molar-refractivity contribution is 6.03. The average molecular weight is 203 g/mol. The minimum Gasteiger partial charge on any atom is -0.478 e. The maximum Gasteiger partial charge on any atom is 0.337 e. The smallest absolute Gasteiger partial charge is 0.337 e. The van der Waals surface area contributed by atoms with Gasteiger partial charge in [-0.05, 0) is 18.1 Å². The zero-order valence-corrected chi connectivity index (χ0v) is 8.82. The van der Waals surface area contributed by atoms with Crippen molar-refractivity contribution in [2.45, 2.75) is 13.3 Å². The highest BCUT2D eigenvalue weighted by Gasteiger charge is 2.13. The second kappa shape index (κ2) is 3.42. The van der Waals surface area contributed by atoms with Gasteiger partial charge in [0, 0.05) is 18.6 Å². The molecule has 78 valence electrons. The van der Waals surface area contributed by atoms with E-state index in [2.05, 4.69) is 6.92 Å². The van der Waals surface area contributed by atoms with Gasteiger partial charge in [-0.25, -0.2) is 4.79 Å². The van der Waals surface area contributed by atoms with Gasteiger partial charge in [-0.1, -0.05) is 19.1 Å². The van der Waals surface area contributed by atoms with Crippen molar-refractivity contribution in [3.05, 3.63) is 35.5 Å². The summed E-state index contributed by atoms with van der Waals surface area (Å²) in [5.74, 6) is -0.871. The van der Waals surface area contributed by atoms with E-state index in [1.54, 1.807) is 12.1 Å². The van der Waals surface area contributed by atoms with Gasteiger partial charge in [0.1, 0.15) is 0 Å². The average Bonchev–Trinajstić information content (AvgIpc) is 2.55. The third-order valence-electron chi connectivity index (χ3n) is 2.70. The van der Waals surface area contributed by atoms with Crippen LogP contribution >= 0.6 is 0 Å². The maximum atomic E-state index is 11.1. The van der Waals surface area contributed by atoms with E-state index < -0.39 is 5.97 Å². The number of aryl methyl sites for hydroxylation is 2. The maximum absolute atomic E-state index is 11.1. The van der Waals surface area contributed by atoms with Crippen LogP contribution in [-0.2, 0) is 13.5 Å². The number of hydrogen-bond donors (Lipinski definition) is 1. The lowest BCUT2D eigenvalue weighted by Crippen LogP contribution is -1.99. The van der Waals surface area contributed by atoms with Gasteiger partial charge in [-0.15, -0.1) is 0 Å². The number of para-hydroxylation sites is 1. The van der Waals surface area contributed by atoms with E-state index in [9.17, 15) is 4.79 Å². The van der Waals surface area contributed by atoms with E-state index in [4.69, 9.17) is 5.11 Å². The normalized spacial score (nSPS) is 10.8. The van der Waals surface area contributed by atoms with Crippen LogP contribution in [-0.4, -0.2) is 15.6 Å².